The molecule has 58 valence electrons. The minimum atomic E-state index is -1.76. The second-order valence-electron chi connectivity index (χ2n) is 1.62. The van der Waals surface area contributed by atoms with E-state index in [1.165, 1.54) is 0 Å². The lowest BCUT2D eigenvalue weighted by molar-refractivity contribution is -0.119. The molecule has 1 aliphatic rings. The van der Waals surface area contributed by atoms with Gasteiger partial charge in [-0.25, -0.2) is 0 Å². The van der Waals surface area contributed by atoms with E-state index in [1.807, 2.05) is 0 Å². The number of carbonyl (C=O) groups excluding carboxylic acids is 1. The van der Waals surface area contributed by atoms with Gasteiger partial charge in [0.05, 0.1) is 0 Å². The lowest BCUT2D eigenvalue weighted by Gasteiger charge is -2.18. The molecule has 0 aromatic carbocycles. The van der Waals surface area contributed by atoms with Crippen LogP contribution in [0.1, 0.15) is 0 Å². The summed E-state index contributed by atoms with van der Waals surface area (Å²) in [6.45, 7) is 0. The highest BCUT2D eigenvalue weighted by molar-refractivity contribution is 8.02. The molecule has 0 bridgehead atoms. The number of nitrogens with one attached hydrogen (secondary N) is 1. The van der Waals surface area contributed by atoms with Gasteiger partial charge in [-0.1, -0.05) is 46.4 Å². The Morgan fingerprint density at radius 3 is 1.90 bits per heavy atom. The largest absolute Gasteiger partial charge is 0.295 e. The van der Waals surface area contributed by atoms with E-state index in [0.717, 1.165) is 11.9 Å². The van der Waals surface area contributed by atoms with E-state index in [-0.39, 0.29) is 0 Å². The van der Waals surface area contributed by atoms with E-state index in [2.05, 4.69) is 4.72 Å². The van der Waals surface area contributed by atoms with Crippen molar-refractivity contribution >= 4 is 64.3 Å². The maximum absolute atomic E-state index is 10.7. The Balaban J connectivity index is 2.95. The van der Waals surface area contributed by atoms with Crippen molar-refractivity contribution in [3.8, 4) is 0 Å². The fraction of sp³-hybridized carbons (Fsp3) is 0.667. The number of amides is 1. The average molecular weight is 241 g/mol. The summed E-state index contributed by atoms with van der Waals surface area (Å²) in [5.74, 6) is -0.592. The van der Waals surface area contributed by atoms with Crippen molar-refractivity contribution in [2.24, 2.45) is 0 Å². The molecule has 1 aliphatic heterocycles. The average Bonchev–Trinajstić information content (AvgIpc) is 1.94. The lowest BCUT2D eigenvalue weighted by Crippen LogP contribution is -2.36. The third-order valence-corrected chi connectivity index (χ3v) is 4.32. The van der Waals surface area contributed by atoms with E-state index in [4.69, 9.17) is 46.4 Å². The predicted octanol–water partition coefficient (Wildman–Crippen LogP) is 2.07. The Morgan fingerprint density at radius 1 is 1.30 bits per heavy atom. The highest BCUT2D eigenvalue weighted by Crippen LogP contribution is 2.53. The van der Waals surface area contributed by atoms with Gasteiger partial charge in [0.15, 0.2) is 0 Å². The molecule has 1 heterocycles. The number of hydrogen-bond donors (Lipinski definition) is 1. The molecular weight excluding hydrogens is 240 g/mol. The monoisotopic (exact) mass is 239 g/mol. The molecule has 10 heavy (non-hydrogen) atoms. The van der Waals surface area contributed by atoms with Crippen LogP contribution in [0.5, 0.6) is 0 Å². The normalized spacial score (nSPS) is 28.2. The molecule has 0 unspecified atom stereocenters. The Kier molecular flexibility index (Phi) is 2.26. The minimum absolute atomic E-state index is 0.592. The molecule has 1 amide bonds. The molecule has 0 aliphatic carbocycles. The van der Waals surface area contributed by atoms with Crippen LogP contribution in [-0.2, 0) is 4.79 Å². The molecule has 0 aromatic heterocycles. The molecule has 0 aromatic rings. The summed E-state index contributed by atoms with van der Waals surface area (Å²) in [5.41, 5.74) is 0. The van der Waals surface area contributed by atoms with E-state index < -0.39 is 13.9 Å². The smallest absolute Gasteiger partial charge is 0.270 e. The van der Waals surface area contributed by atoms with Crippen LogP contribution in [0.2, 0.25) is 0 Å². The molecule has 2 nitrogen and oxygen atoms in total. The van der Waals surface area contributed by atoms with Crippen molar-refractivity contribution in [3.05, 3.63) is 0 Å². The second-order valence-corrected chi connectivity index (χ2v) is 5.75. The number of hydrogen-bond acceptors (Lipinski definition) is 2. The zero-order valence-corrected chi connectivity index (χ0v) is 8.17. The van der Waals surface area contributed by atoms with Gasteiger partial charge in [0.1, 0.15) is 0 Å². The van der Waals surface area contributed by atoms with Crippen molar-refractivity contribution in [1.82, 2.24) is 4.72 Å². The standard InChI is InChI=1S/C3HCl4NOS/c4-2(5)1(9)8-10-3(2,6)7/h(H,8,9). The zero-order chi connectivity index (χ0) is 7.99. The summed E-state index contributed by atoms with van der Waals surface area (Å²) in [4.78, 5) is 10.7. The van der Waals surface area contributed by atoms with Crippen LogP contribution in [0.4, 0.5) is 0 Å². The van der Waals surface area contributed by atoms with E-state index in [0.29, 0.717) is 0 Å². The van der Waals surface area contributed by atoms with Crippen LogP contribution in [0.25, 0.3) is 0 Å². The number of alkyl halides is 4. The summed E-state index contributed by atoms with van der Waals surface area (Å²) in [7, 11) is 0. The fourth-order valence-electron chi connectivity index (χ4n) is 0.371. The van der Waals surface area contributed by atoms with Gasteiger partial charge in [0.2, 0.25) is 8.00 Å². The van der Waals surface area contributed by atoms with Crippen molar-refractivity contribution in [2.45, 2.75) is 8.00 Å². The first-order valence-corrected chi connectivity index (χ1v) is 4.45. The van der Waals surface area contributed by atoms with E-state index in [9.17, 15) is 4.79 Å². The summed E-state index contributed by atoms with van der Waals surface area (Å²) in [5, 5.41) is 0. The van der Waals surface area contributed by atoms with Crippen molar-refractivity contribution in [2.75, 3.05) is 0 Å². The molecule has 7 heteroatoms. The molecule has 1 saturated heterocycles. The molecule has 0 spiro atoms. The molecular formula is C3HCl4NOS. The van der Waals surface area contributed by atoms with Gasteiger partial charge in [0.25, 0.3) is 5.91 Å². The first kappa shape index (κ1) is 9.07. The Labute approximate surface area is 81.6 Å². The quantitative estimate of drug-likeness (QED) is 0.519. The molecule has 1 rings (SSSR count). The summed E-state index contributed by atoms with van der Waals surface area (Å²) >= 11 is 22.8. The Hall–Kier alpha value is 0.980. The maximum Gasteiger partial charge on any atom is 0.270 e. The van der Waals surface area contributed by atoms with Gasteiger partial charge in [0, 0.05) is 0 Å². The maximum atomic E-state index is 10.7. The summed E-state index contributed by atoms with van der Waals surface area (Å²) < 4.78 is -1.02. The van der Waals surface area contributed by atoms with E-state index >= 15 is 0 Å². The van der Waals surface area contributed by atoms with Crippen LogP contribution in [0.15, 0.2) is 0 Å². The lowest BCUT2D eigenvalue weighted by atomic mass is 10.4. The van der Waals surface area contributed by atoms with Gasteiger partial charge < -0.3 is 0 Å². The highest BCUT2D eigenvalue weighted by Gasteiger charge is 2.59. The second kappa shape index (κ2) is 2.49. The van der Waals surface area contributed by atoms with Gasteiger partial charge >= 0.3 is 0 Å². The topological polar surface area (TPSA) is 29.1 Å². The SMILES string of the molecule is O=C1NSC(Cl)(Cl)C1(Cl)Cl. The Bertz CT molecular complexity index is 181. The first-order chi connectivity index (χ1) is 4.38. The van der Waals surface area contributed by atoms with Crippen molar-refractivity contribution in [3.63, 3.8) is 0 Å². The van der Waals surface area contributed by atoms with Gasteiger partial charge in [-0.2, -0.15) is 0 Å². The van der Waals surface area contributed by atoms with Crippen LogP contribution in [0, 0.1) is 0 Å². The summed E-state index contributed by atoms with van der Waals surface area (Å²) in [6.07, 6.45) is 0. The number of rotatable bonds is 0. The highest BCUT2D eigenvalue weighted by atomic mass is 35.5. The third kappa shape index (κ3) is 1.18. The van der Waals surface area contributed by atoms with Crippen LogP contribution in [0.3, 0.4) is 0 Å². The molecule has 0 saturated carbocycles. The molecule has 0 radical (unpaired) electrons. The van der Waals surface area contributed by atoms with Gasteiger partial charge in [-0.05, 0) is 11.9 Å². The Morgan fingerprint density at radius 2 is 1.80 bits per heavy atom. The molecule has 0 atom stereocenters. The minimum Gasteiger partial charge on any atom is -0.295 e. The van der Waals surface area contributed by atoms with Crippen LogP contribution >= 0.6 is 58.4 Å². The molecule has 1 fully saturated rings. The molecule has 1 N–H and O–H groups in total. The van der Waals surface area contributed by atoms with Gasteiger partial charge in [-0.15, -0.1) is 0 Å². The predicted molar refractivity (Wildman–Crippen MR) is 44.6 cm³/mol. The van der Waals surface area contributed by atoms with E-state index in [1.54, 1.807) is 0 Å². The van der Waals surface area contributed by atoms with Crippen molar-refractivity contribution < 1.29 is 4.79 Å². The van der Waals surface area contributed by atoms with Crippen LogP contribution < -0.4 is 4.72 Å². The van der Waals surface area contributed by atoms with Crippen molar-refractivity contribution in [1.29, 1.82) is 0 Å². The van der Waals surface area contributed by atoms with Gasteiger partial charge in [-0.3, -0.25) is 9.52 Å². The third-order valence-electron chi connectivity index (χ3n) is 0.923. The first-order valence-electron chi connectivity index (χ1n) is 2.12. The van der Waals surface area contributed by atoms with Crippen LogP contribution in [-0.4, -0.2) is 13.9 Å². The summed E-state index contributed by atoms with van der Waals surface area (Å²) in [6, 6.07) is 0. The zero-order valence-electron chi connectivity index (χ0n) is 4.33. The number of carbonyl (C=O) groups is 1. The fourth-order valence-corrected chi connectivity index (χ4v) is 1.81. The number of halogens is 4.